The van der Waals surface area contributed by atoms with Crippen molar-refractivity contribution < 1.29 is 13.6 Å². The normalized spacial score (nSPS) is 20.3. The Bertz CT molecular complexity index is 1160. The molecule has 0 saturated heterocycles. The first-order valence-corrected chi connectivity index (χ1v) is 10.4. The lowest BCUT2D eigenvalue weighted by atomic mass is 9.94. The molecule has 0 radical (unpaired) electrons. The third-order valence-electron chi connectivity index (χ3n) is 6.11. The first-order chi connectivity index (χ1) is 15.1. The van der Waals surface area contributed by atoms with E-state index >= 15 is 0 Å². The number of hydrogen-bond acceptors (Lipinski definition) is 2. The van der Waals surface area contributed by atoms with Crippen LogP contribution in [0.5, 0.6) is 0 Å². The number of benzene rings is 3. The Kier molecular flexibility index (Phi) is 5.12. The van der Waals surface area contributed by atoms with Gasteiger partial charge in [0, 0.05) is 18.7 Å². The summed E-state index contributed by atoms with van der Waals surface area (Å²) in [5.74, 6) is -1.02. The van der Waals surface area contributed by atoms with Crippen LogP contribution in [-0.2, 0) is 17.8 Å². The number of halogens is 2. The van der Waals surface area contributed by atoms with Crippen molar-refractivity contribution in [1.29, 1.82) is 0 Å². The van der Waals surface area contributed by atoms with Crippen LogP contribution < -0.4 is 5.32 Å². The summed E-state index contributed by atoms with van der Waals surface area (Å²) in [6, 6.07) is 20.5. The predicted octanol–water partition coefficient (Wildman–Crippen LogP) is 4.65. The lowest BCUT2D eigenvalue weighted by Crippen LogP contribution is -2.49. The Morgan fingerprint density at radius 1 is 0.935 bits per heavy atom. The van der Waals surface area contributed by atoms with E-state index in [2.05, 4.69) is 17.4 Å². The fourth-order valence-electron chi connectivity index (χ4n) is 4.50. The minimum Gasteiger partial charge on any atom is -0.326 e. The van der Waals surface area contributed by atoms with Crippen molar-refractivity contribution in [2.45, 2.75) is 25.0 Å². The summed E-state index contributed by atoms with van der Waals surface area (Å²) in [7, 11) is 0. The lowest BCUT2D eigenvalue weighted by molar-refractivity contribution is -0.134. The fourth-order valence-corrected chi connectivity index (χ4v) is 4.50. The summed E-state index contributed by atoms with van der Waals surface area (Å²) in [4.78, 5) is 15.3. The molecule has 0 aromatic heterocycles. The molecule has 3 nitrogen and oxygen atoms in total. The second-order valence-corrected chi connectivity index (χ2v) is 8.04. The number of carbonyl (C=O) groups is 1. The van der Waals surface area contributed by atoms with E-state index in [4.69, 9.17) is 0 Å². The predicted molar refractivity (Wildman–Crippen MR) is 116 cm³/mol. The highest BCUT2D eigenvalue weighted by Gasteiger charge is 2.36. The molecule has 0 saturated carbocycles. The third-order valence-corrected chi connectivity index (χ3v) is 6.11. The van der Waals surface area contributed by atoms with Crippen molar-refractivity contribution in [2.24, 2.45) is 0 Å². The Balaban J connectivity index is 1.47. The van der Waals surface area contributed by atoms with Crippen LogP contribution in [0.4, 0.5) is 8.78 Å². The van der Waals surface area contributed by atoms with E-state index in [1.165, 1.54) is 17.2 Å². The molecule has 156 valence electrons. The SMILES string of the molecule is O=C([C@@H]1Cc2ccccc2CN1)N1CC(c2cc(F)ccc2F)=CC1c1ccccc1. The van der Waals surface area contributed by atoms with Gasteiger partial charge in [0.05, 0.1) is 12.1 Å². The van der Waals surface area contributed by atoms with Crippen LogP contribution in [0, 0.1) is 11.6 Å². The van der Waals surface area contributed by atoms with Crippen LogP contribution in [0.25, 0.3) is 5.57 Å². The second kappa shape index (κ2) is 8.08. The average molecular weight is 416 g/mol. The molecule has 1 amide bonds. The van der Waals surface area contributed by atoms with Gasteiger partial charge in [0.15, 0.2) is 0 Å². The topological polar surface area (TPSA) is 32.3 Å². The van der Waals surface area contributed by atoms with E-state index in [1.807, 2.05) is 48.5 Å². The van der Waals surface area contributed by atoms with Crippen LogP contribution >= 0.6 is 0 Å². The Hall–Kier alpha value is -3.31. The van der Waals surface area contributed by atoms with Crippen molar-refractivity contribution in [3.8, 4) is 0 Å². The number of rotatable bonds is 3. The number of nitrogens with zero attached hydrogens (tertiary/aromatic N) is 1. The second-order valence-electron chi connectivity index (χ2n) is 8.04. The van der Waals surface area contributed by atoms with Gasteiger partial charge in [-0.3, -0.25) is 4.79 Å². The molecule has 2 aliphatic heterocycles. The summed E-state index contributed by atoms with van der Waals surface area (Å²) in [5.41, 5.74) is 4.14. The number of carbonyl (C=O) groups excluding carboxylic acids is 1. The lowest BCUT2D eigenvalue weighted by Gasteiger charge is -2.32. The van der Waals surface area contributed by atoms with Crippen molar-refractivity contribution >= 4 is 11.5 Å². The van der Waals surface area contributed by atoms with Crippen LogP contribution in [0.3, 0.4) is 0 Å². The largest absolute Gasteiger partial charge is 0.326 e. The Labute approximate surface area is 180 Å². The summed E-state index contributed by atoms with van der Waals surface area (Å²) < 4.78 is 28.3. The molecule has 31 heavy (non-hydrogen) atoms. The summed E-state index contributed by atoms with van der Waals surface area (Å²) in [6.45, 7) is 0.869. The number of hydrogen-bond donors (Lipinski definition) is 1. The number of nitrogens with one attached hydrogen (secondary N) is 1. The van der Waals surface area contributed by atoms with Gasteiger partial charge in [-0.15, -0.1) is 0 Å². The molecule has 0 fully saturated rings. The minimum absolute atomic E-state index is 0.0357. The average Bonchev–Trinajstić information content (AvgIpc) is 3.25. The molecule has 0 bridgehead atoms. The summed E-state index contributed by atoms with van der Waals surface area (Å²) in [5, 5.41) is 3.35. The molecule has 2 aliphatic rings. The maximum absolute atomic E-state index is 14.5. The van der Waals surface area contributed by atoms with Crippen molar-refractivity contribution in [1.82, 2.24) is 10.2 Å². The van der Waals surface area contributed by atoms with Gasteiger partial charge < -0.3 is 10.2 Å². The quantitative estimate of drug-likeness (QED) is 0.674. The molecule has 3 aromatic carbocycles. The molecule has 1 unspecified atom stereocenters. The van der Waals surface area contributed by atoms with Crippen LogP contribution in [0.15, 0.2) is 78.9 Å². The maximum Gasteiger partial charge on any atom is 0.241 e. The van der Waals surface area contributed by atoms with Crippen LogP contribution in [0.1, 0.15) is 28.3 Å². The molecular formula is C26H22F2N2O. The highest BCUT2D eigenvalue weighted by atomic mass is 19.1. The molecule has 1 N–H and O–H groups in total. The Morgan fingerprint density at radius 2 is 1.68 bits per heavy atom. The first-order valence-electron chi connectivity index (χ1n) is 10.4. The monoisotopic (exact) mass is 416 g/mol. The first kappa shape index (κ1) is 19.6. The van der Waals surface area contributed by atoms with E-state index in [9.17, 15) is 13.6 Å². The van der Waals surface area contributed by atoms with Gasteiger partial charge in [0.1, 0.15) is 11.6 Å². The fraction of sp³-hybridized carbons (Fsp3) is 0.192. The zero-order valence-corrected chi connectivity index (χ0v) is 16.9. The standard InChI is InChI=1S/C26H22F2N2O/c27-21-10-11-23(28)22(14-21)20-13-25(17-6-2-1-3-7-17)30(16-20)26(31)24-12-18-8-4-5-9-19(18)15-29-24/h1-11,13-14,24-25,29H,12,15-16H2/t24-,25?/m0/s1. The highest BCUT2D eigenvalue weighted by Crippen LogP contribution is 2.36. The van der Waals surface area contributed by atoms with Gasteiger partial charge in [-0.1, -0.05) is 60.7 Å². The molecule has 5 heteroatoms. The van der Waals surface area contributed by atoms with E-state index in [0.717, 1.165) is 17.7 Å². The molecule has 3 aromatic rings. The van der Waals surface area contributed by atoms with E-state index in [0.29, 0.717) is 18.5 Å². The van der Waals surface area contributed by atoms with Gasteiger partial charge in [-0.05, 0) is 46.9 Å². The van der Waals surface area contributed by atoms with Gasteiger partial charge in [0.25, 0.3) is 0 Å². The van der Waals surface area contributed by atoms with Crippen molar-refractivity contribution in [3.63, 3.8) is 0 Å². The molecule has 0 spiro atoms. The summed E-state index contributed by atoms with van der Waals surface area (Å²) >= 11 is 0. The zero-order valence-electron chi connectivity index (χ0n) is 16.9. The van der Waals surface area contributed by atoms with Gasteiger partial charge in [-0.25, -0.2) is 8.78 Å². The smallest absolute Gasteiger partial charge is 0.241 e. The maximum atomic E-state index is 14.5. The van der Waals surface area contributed by atoms with Gasteiger partial charge in [-0.2, -0.15) is 0 Å². The summed E-state index contributed by atoms with van der Waals surface area (Å²) in [6.07, 6.45) is 2.48. The minimum atomic E-state index is -0.496. The zero-order chi connectivity index (χ0) is 21.4. The highest BCUT2D eigenvalue weighted by molar-refractivity contribution is 5.87. The van der Waals surface area contributed by atoms with Gasteiger partial charge >= 0.3 is 0 Å². The van der Waals surface area contributed by atoms with E-state index < -0.39 is 11.6 Å². The molecule has 2 heterocycles. The van der Waals surface area contributed by atoms with Crippen LogP contribution in [0.2, 0.25) is 0 Å². The van der Waals surface area contributed by atoms with Crippen molar-refractivity contribution in [2.75, 3.05) is 6.54 Å². The van der Waals surface area contributed by atoms with Crippen molar-refractivity contribution in [3.05, 3.63) is 113 Å². The number of fused-ring (bicyclic) bond motifs is 1. The van der Waals surface area contributed by atoms with Crippen LogP contribution in [-0.4, -0.2) is 23.4 Å². The van der Waals surface area contributed by atoms with E-state index in [1.54, 1.807) is 4.90 Å². The molecule has 0 aliphatic carbocycles. The number of amides is 1. The third kappa shape index (κ3) is 3.77. The molecule has 5 rings (SSSR count). The molecular weight excluding hydrogens is 394 g/mol. The van der Waals surface area contributed by atoms with Gasteiger partial charge in [0.2, 0.25) is 5.91 Å². The Morgan fingerprint density at radius 3 is 2.48 bits per heavy atom. The molecule has 2 atom stereocenters. The van der Waals surface area contributed by atoms with E-state index in [-0.39, 0.29) is 30.1 Å².